The lowest BCUT2D eigenvalue weighted by Crippen LogP contribution is -1.78. The molecule has 2 heterocycles. The van der Waals surface area contributed by atoms with E-state index in [-0.39, 0.29) is 5.82 Å². The maximum absolute atomic E-state index is 12.9. The predicted molar refractivity (Wildman–Crippen MR) is 75.3 cm³/mol. The van der Waals surface area contributed by atoms with Gasteiger partial charge in [-0.15, -0.1) is 0 Å². The minimum Gasteiger partial charge on any atom is -0.429 e. The summed E-state index contributed by atoms with van der Waals surface area (Å²) < 4.78 is 18.5. The number of benzene rings is 1. The van der Waals surface area contributed by atoms with Crippen LogP contribution in [0.1, 0.15) is 0 Å². The highest BCUT2D eigenvalue weighted by molar-refractivity contribution is 7.99. The number of halogens is 2. The monoisotopic (exact) mass is 306 g/mol. The third-order valence-corrected chi connectivity index (χ3v) is 3.55. The number of nitrogens with zero attached hydrogens (tertiary/aromatic N) is 2. The van der Waals surface area contributed by atoms with Crippen molar-refractivity contribution in [1.82, 2.24) is 9.97 Å². The summed E-state index contributed by atoms with van der Waals surface area (Å²) in [7, 11) is 0. The van der Waals surface area contributed by atoms with Gasteiger partial charge in [0.2, 0.25) is 5.89 Å². The zero-order chi connectivity index (χ0) is 13.9. The number of hydrogen-bond acceptors (Lipinski definition) is 4. The van der Waals surface area contributed by atoms with Crippen molar-refractivity contribution < 1.29 is 8.81 Å². The molecule has 6 heteroatoms. The molecule has 100 valence electrons. The van der Waals surface area contributed by atoms with Crippen molar-refractivity contribution >= 4 is 23.4 Å². The highest BCUT2D eigenvalue weighted by Crippen LogP contribution is 2.30. The van der Waals surface area contributed by atoms with Crippen LogP contribution in [0, 0.1) is 5.82 Å². The predicted octanol–water partition coefficient (Wildman–Crippen LogP) is 4.68. The van der Waals surface area contributed by atoms with Crippen LogP contribution in [0.2, 0.25) is 5.02 Å². The molecule has 0 N–H and O–H groups in total. The first-order valence-electron chi connectivity index (χ1n) is 5.72. The minimum absolute atomic E-state index is 0.291. The Morgan fingerprint density at radius 3 is 2.50 bits per heavy atom. The first kappa shape index (κ1) is 13.1. The Kier molecular flexibility index (Phi) is 3.71. The zero-order valence-corrected chi connectivity index (χ0v) is 11.7. The summed E-state index contributed by atoms with van der Waals surface area (Å²) in [5, 5.41) is 1.95. The standard InChI is InChI=1S/C14H8ClFN2OS/c15-10-3-6-12(17-7-10)20-13-8-18-14(19-13)9-1-4-11(16)5-2-9/h1-8H. The lowest BCUT2D eigenvalue weighted by atomic mass is 10.2. The third kappa shape index (κ3) is 3.00. The first-order chi connectivity index (χ1) is 9.70. The van der Waals surface area contributed by atoms with Gasteiger partial charge in [0, 0.05) is 11.8 Å². The topological polar surface area (TPSA) is 38.9 Å². The summed E-state index contributed by atoms with van der Waals surface area (Å²) in [6, 6.07) is 9.54. The fraction of sp³-hybridized carbons (Fsp3) is 0. The summed E-state index contributed by atoms with van der Waals surface area (Å²) in [5.74, 6) is 0.154. The van der Waals surface area contributed by atoms with Gasteiger partial charge in [0.25, 0.3) is 0 Å². The number of pyridine rings is 1. The molecule has 0 aliphatic heterocycles. The average Bonchev–Trinajstić information content (AvgIpc) is 2.91. The molecule has 0 atom stereocenters. The third-order valence-electron chi connectivity index (χ3n) is 2.48. The number of hydrogen-bond donors (Lipinski definition) is 0. The van der Waals surface area contributed by atoms with Gasteiger partial charge in [-0.25, -0.2) is 14.4 Å². The average molecular weight is 307 g/mol. The molecule has 0 unspecified atom stereocenters. The Morgan fingerprint density at radius 2 is 1.80 bits per heavy atom. The van der Waals surface area contributed by atoms with Gasteiger partial charge >= 0.3 is 0 Å². The van der Waals surface area contributed by atoms with Crippen LogP contribution in [-0.2, 0) is 0 Å². The van der Waals surface area contributed by atoms with Gasteiger partial charge in [-0.1, -0.05) is 11.6 Å². The van der Waals surface area contributed by atoms with Crippen LogP contribution in [-0.4, -0.2) is 9.97 Å². The smallest absolute Gasteiger partial charge is 0.227 e. The maximum Gasteiger partial charge on any atom is 0.227 e. The Hall–Kier alpha value is -1.85. The van der Waals surface area contributed by atoms with E-state index in [2.05, 4.69) is 9.97 Å². The summed E-state index contributed by atoms with van der Waals surface area (Å²) in [6.07, 6.45) is 3.18. The van der Waals surface area contributed by atoms with Crippen molar-refractivity contribution in [2.24, 2.45) is 0 Å². The Morgan fingerprint density at radius 1 is 1.00 bits per heavy atom. The van der Waals surface area contributed by atoms with E-state index in [0.29, 0.717) is 16.0 Å². The zero-order valence-electron chi connectivity index (χ0n) is 10.1. The van der Waals surface area contributed by atoms with E-state index < -0.39 is 0 Å². The lowest BCUT2D eigenvalue weighted by Gasteiger charge is -1.97. The van der Waals surface area contributed by atoms with Crippen molar-refractivity contribution in [3.63, 3.8) is 0 Å². The summed E-state index contributed by atoms with van der Waals surface area (Å²) in [4.78, 5) is 8.33. The van der Waals surface area contributed by atoms with Crippen molar-refractivity contribution in [2.75, 3.05) is 0 Å². The maximum atomic E-state index is 12.9. The van der Waals surface area contributed by atoms with Crippen molar-refractivity contribution in [1.29, 1.82) is 0 Å². The number of aromatic nitrogens is 2. The molecule has 0 aliphatic carbocycles. The van der Waals surface area contributed by atoms with Gasteiger partial charge in [-0.05, 0) is 48.2 Å². The second-order valence-electron chi connectivity index (χ2n) is 3.91. The van der Waals surface area contributed by atoms with Crippen LogP contribution in [0.3, 0.4) is 0 Å². The van der Waals surface area contributed by atoms with Crippen LogP contribution in [0.4, 0.5) is 4.39 Å². The molecule has 3 nitrogen and oxygen atoms in total. The molecule has 1 aromatic carbocycles. The lowest BCUT2D eigenvalue weighted by molar-refractivity contribution is 0.484. The van der Waals surface area contributed by atoms with Crippen molar-refractivity contribution in [2.45, 2.75) is 10.1 Å². The van der Waals surface area contributed by atoms with E-state index in [9.17, 15) is 4.39 Å². The molecular weight excluding hydrogens is 299 g/mol. The van der Waals surface area contributed by atoms with Crippen LogP contribution in [0.25, 0.3) is 11.5 Å². The molecule has 0 aliphatic rings. The molecule has 20 heavy (non-hydrogen) atoms. The normalized spacial score (nSPS) is 10.7. The molecule has 2 aromatic heterocycles. The molecular formula is C14H8ClFN2OS. The van der Waals surface area contributed by atoms with Gasteiger partial charge < -0.3 is 4.42 Å². The van der Waals surface area contributed by atoms with E-state index in [1.807, 2.05) is 0 Å². The van der Waals surface area contributed by atoms with E-state index in [1.54, 1.807) is 36.7 Å². The number of oxazole rings is 1. The van der Waals surface area contributed by atoms with Gasteiger partial charge in [0.1, 0.15) is 10.8 Å². The van der Waals surface area contributed by atoms with Gasteiger partial charge in [-0.2, -0.15) is 0 Å². The summed E-state index contributed by atoms with van der Waals surface area (Å²) >= 11 is 7.12. The Bertz CT molecular complexity index is 713. The summed E-state index contributed by atoms with van der Waals surface area (Å²) in [5.41, 5.74) is 0.724. The van der Waals surface area contributed by atoms with Crippen LogP contribution >= 0.6 is 23.4 Å². The molecule has 0 amide bonds. The molecule has 0 saturated carbocycles. The fourth-order valence-corrected chi connectivity index (χ4v) is 2.34. The Balaban J connectivity index is 1.80. The minimum atomic E-state index is -0.291. The molecule has 0 bridgehead atoms. The van der Waals surface area contributed by atoms with E-state index in [1.165, 1.54) is 23.9 Å². The van der Waals surface area contributed by atoms with Gasteiger partial charge in [0.15, 0.2) is 5.09 Å². The van der Waals surface area contributed by atoms with Crippen LogP contribution in [0.5, 0.6) is 0 Å². The quantitative estimate of drug-likeness (QED) is 0.704. The molecule has 3 aromatic rings. The van der Waals surface area contributed by atoms with Crippen LogP contribution < -0.4 is 0 Å². The van der Waals surface area contributed by atoms with Gasteiger partial charge in [0.05, 0.1) is 11.2 Å². The second-order valence-corrected chi connectivity index (χ2v) is 5.37. The van der Waals surface area contributed by atoms with E-state index >= 15 is 0 Å². The summed E-state index contributed by atoms with van der Waals surface area (Å²) in [6.45, 7) is 0. The first-order valence-corrected chi connectivity index (χ1v) is 6.91. The SMILES string of the molecule is Fc1ccc(-c2ncc(Sc3ccc(Cl)cn3)o2)cc1. The molecule has 0 radical (unpaired) electrons. The molecule has 0 fully saturated rings. The molecule has 3 rings (SSSR count). The van der Waals surface area contributed by atoms with Crippen molar-refractivity contribution in [3.8, 4) is 11.5 Å². The fourth-order valence-electron chi connectivity index (χ4n) is 1.56. The van der Waals surface area contributed by atoms with Crippen LogP contribution in [0.15, 0.2) is 63.3 Å². The largest absolute Gasteiger partial charge is 0.429 e. The van der Waals surface area contributed by atoms with Gasteiger partial charge in [-0.3, -0.25) is 0 Å². The number of rotatable bonds is 3. The Labute approximate surface area is 123 Å². The highest BCUT2D eigenvalue weighted by atomic mass is 35.5. The second kappa shape index (κ2) is 5.64. The highest BCUT2D eigenvalue weighted by Gasteiger charge is 2.08. The van der Waals surface area contributed by atoms with E-state index in [0.717, 1.165) is 10.6 Å². The van der Waals surface area contributed by atoms with E-state index in [4.69, 9.17) is 16.0 Å². The molecule has 0 spiro atoms. The molecule has 0 saturated heterocycles. The van der Waals surface area contributed by atoms with Crippen molar-refractivity contribution in [3.05, 3.63) is 59.6 Å².